The Morgan fingerprint density at radius 3 is 2.76 bits per heavy atom. The highest BCUT2D eigenvalue weighted by Gasteiger charge is 2.31. The lowest BCUT2D eigenvalue weighted by Gasteiger charge is -2.37. The molecule has 2 rings (SSSR count). The van der Waals surface area contributed by atoms with Crippen molar-refractivity contribution in [3.8, 4) is 0 Å². The highest BCUT2D eigenvalue weighted by Crippen LogP contribution is 2.35. The van der Waals surface area contributed by atoms with Gasteiger partial charge in [-0.15, -0.1) is 0 Å². The topological polar surface area (TPSA) is 26.0 Å². The summed E-state index contributed by atoms with van der Waals surface area (Å²) < 4.78 is 0. The second-order valence-corrected chi connectivity index (χ2v) is 6.54. The molecule has 0 saturated heterocycles. The second kappa shape index (κ2) is 6.01. The quantitative estimate of drug-likeness (QED) is 0.826. The van der Waals surface area contributed by atoms with Gasteiger partial charge in [-0.3, -0.25) is 0 Å². The van der Waals surface area contributed by atoms with Crippen LogP contribution in [0.2, 0.25) is 0 Å². The average Bonchev–Trinajstić information content (AvgIpc) is 2.81. The number of unbranched alkanes of at least 4 members (excludes halogenated alkanes) is 1. The molecule has 1 nitrogen and oxygen atoms in total. The van der Waals surface area contributed by atoms with Gasteiger partial charge in [0.05, 0.1) is 0 Å². The molecule has 1 aromatic rings. The Labute approximate surface area is 109 Å². The van der Waals surface area contributed by atoms with Crippen LogP contribution < -0.4 is 5.73 Å². The van der Waals surface area contributed by atoms with Crippen LogP contribution in [0.1, 0.15) is 57.4 Å². The van der Waals surface area contributed by atoms with Crippen molar-refractivity contribution >= 4 is 11.3 Å². The molecule has 1 aliphatic carbocycles. The summed E-state index contributed by atoms with van der Waals surface area (Å²) in [6.45, 7) is 2.28. The summed E-state index contributed by atoms with van der Waals surface area (Å²) in [7, 11) is 0. The zero-order chi connectivity index (χ0) is 12.1. The highest BCUT2D eigenvalue weighted by atomic mass is 32.1. The summed E-state index contributed by atoms with van der Waals surface area (Å²) in [4.78, 5) is 0. The van der Waals surface area contributed by atoms with Gasteiger partial charge < -0.3 is 5.73 Å². The van der Waals surface area contributed by atoms with Crippen molar-refractivity contribution in [1.29, 1.82) is 0 Å². The molecule has 1 aliphatic rings. The third-order valence-corrected chi connectivity index (χ3v) is 4.94. The van der Waals surface area contributed by atoms with E-state index in [0.717, 1.165) is 12.3 Å². The van der Waals surface area contributed by atoms with E-state index < -0.39 is 0 Å². The van der Waals surface area contributed by atoms with Crippen LogP contribution in [0.3, 0.4) is 0 Å². The Balaban J connectivity index is 1.80. The Kier molecular flexibility index (Phi) is 4.63. The molecule has 0 radical (unpaired) electrons. The van der Waals surface area contributed by atoms with Crippen LogP contribution in [0.4, 0.5) is 0 Å². The van der Waals surface area contributed by atoms with Crippen molar-refractivity contribution in [2.75, 3.05) is 0 Å². The molecule has 17 heavy (non-hydrogen) atoms. The molecule has 0 aliphatic heterocycles. The molecule has 0 atom stereocenters. The van der Waals surface area contributed by atoms with Crippen LogP contribution >= 0.6 is 11.3 Å². The van der Waals surface area contributed by atoms with Crippen LogP contribution in [-0.4, -0.2) is 5.54 Å². The summed E-state index contributed by atoms with van der Waals surface area (Å²) in [5.41, 5.74) is 8.07. The molecule has 0 bridgehead atoms. The molecule has 0 unspecified atom stereocenters. The van der Waals surface area contributed by atoms with Gasteiger partial charge in [-0.05, 0) is 60.4 Å². The van der Waals surface area contributed by atoms with Gasteiger partial charge in [0.1, 0.15) is 0 Å². The van der Waals surface area contributed by atoms with Gasteiger partial charge in [0.2, 0.25) is 0 Å². The smallest absolute Gasteiger partial charge is 0.0195 e. The first-order valence-corrected chi connectivity index (χ1v) is 7.96. The predicted molar refractivity (Wildman–Crippen MR) is 76.4 cm³/mol. The number of hydrogen-bond donors (Lipinski definition) is 1. The molecule has 0 amide bonds. The van der Waals surface area contributed by atoms with Gasteiger partial charge in [-0.1, -0.05) is 26.2 Å². The van der Waals surface area contributed by atoms with E-state index in [1.54, 1.807) is 11.3 Å². The predicted octanol–water partition coefficient (Wildman–Crippen LogP) is 4.37. The van der Waals surface area contributed by atoms with E-state index in [2.05, 4.69) is 23.8 Å². The number of thiophene rings is 1. The third-order valence-electron chi connectivity index (χ3n) is 4.20. The monoisotopic (exact) mass is 251 g/mol. The molecule has 1 aromatic heterocycles. The maximum atomic E-state index is 6.55. The number of nitrogens with two attached hydrogens (primary N) is 1. The standard InChI is InChI=1S/C15H25NS/c1-2-3-4-13-5-8-15(16,9-6-13)11-14-7-10-17-12-14/h7,10,12-13H,2-6,8-9,11,16H2,1H3. The van der Waals surface area contributed by atoms with E-state index in [1.807, 2.05) is 0 Å². The minimum Gasteiger partial charge on any atom is -0.325 e. The van der Waals surface area contributed by atoms with Crippen molar-refractivity contribution in [1.82, 2.24) is 0 Å². The molecule has 96 valence electrons. The third kappa shape index (κ3) is 3.82. The van der Waals surface area contributed by atoms with Gasteiger partial charge in [0.25, 0.3) is 0 Å². The highest BCUT2D eigenvalue weighted by molar-refractivity contribution is 7.07. The Morgan fingerprint density at radius 2 is 2.18 bits per heavy atom. The fourth-order valence-corrected chi connectivity index (χ4v) is 3.68. The number of rotatable bonds is 5. The van der Waals surface area contributed by atoms with E-state index in [1.165, 1.54) is 50.5 Å². The van der Waals surface area contributed by atoms with E-state index in [-0.39, 0.29) is 5.54 Å². The van der Waals surface area contributed by atoms with Gasteiger partial charge in [0.15, 0.2) is 0 Å². The van der Waals surface area contributed by atoms with Crippen LogP contribution in [0.25, 0.3) is 0 Å². The van der Waals surface area contributed by atoms with Gasteiger partial charge in [0, 0.05) is 5.54 Å². The molecule has 2 N–H and O–H groups in total. The summed E-state index contributed by atoms with van der Waals surface area (Å²) in [6, 6.07) is 2.22. The SMILES string of the molecule is CCCCC1CCC(N)(Cc2ccsc2)CC1. The maximum Gasteiger partial charge on any atom is 0.0195 e. The molecule has 0 aromatic carbocycles. The van der Waals surface area contributed by atoms with Crippen LogP contribution in [0.5, 0.6) is 0 Å². The minimum absolute atomic E-state index is 0.0871. The first-order valence-electron chi connectivity index (χ1n) is 7.02. The average molecular weight is 251 g/mol. The van der Waals surface area contributed by atoms with Gasteiger partial charge in [-0.25, -0.2) is 0 Å². The van der Waals surface area contributed by atoms with Crippen molar-refractivity contribution in [3.63, 3.8) is 0 Å². The summed E-state index contributed by atoms with van der Waals surface area (Å²) in [5.74, 6) is 0.953. The first kappa shape index (κ1) is 13.1. The molecule has 2 heteroatoms. The van der Waals surface area contributed by atoms with Crippen molar-refractivity contribution in [2.24, 2.45) is 11.7 Å². The maximum absolute atomic E-state index is 6.55. The largest absolute Gasteiger partial charge is 0.325 e. The molecular weight excluding hydrogens is 226 g/mol. The normalized spacial score (nSPS) is 29.4. The lowest BCUT2D eigenvalue weighted by Crippen LogP contribution is -2.45. The fraction of sp³-hybridized carbons (Fsp3) is 0.733. The summed E-state index contributed by atoms with van der Waals surface area (Å²) in [5, 5.41) is 4.41. The van der Waals surface area contributed by atoms with Crippen LogP contribution in [0, 0.1) is 5.92 Å². The van der Waals surface area contributed by atoms with Crippen molar-refractivity contribution in [3.05, 3.63) is 22.4 Å². The Morgan fingerprint density at radius 1 is 1.41 bits per heavy atom. The number of hydrogen-bond acceptors (Lipinski definition) is 2. The van der Waals surface area contributed by atoms with Crippen molar-refractivity contribution in [2.45, 2.75) is 63.8 Å². The van der Waals surface area contributed by atoms with Crippen LogP contribution in [0.15, 0.2) is 16.8 Å². The van der Waals surface area contributed by atoms with Crippen molar-refractivity contribution < 1.29 is 0 Å². The van der Waals surface area contributed by atoms with E-state index in [9.17, 15) is 0 Å². The minimum atomic E-state index is 0.0871. The van der Waals surface area contributed by atoms with E-state index >= 15 is 0 Å². The van der Waals surface area contributed by atoms with E-state index in [0.29, 0.717) is 0 Å². The zero-order valence-electron chi connectivity index (χ0n) is 11.0. The zero-order valence-corrected chi connectivity index (χ0v) is 11.8. The molecule has 0 spiro atoms. The van der Waals surface area contributed by atoms with E-state index in [4.69, 9.17) is 5.73 Å². The molecule has 1 fully saturated rings. The fourth-order valence-electron chi connectivity index (χ4n) is 3.01. The lowest BCUT2D eigenvalue weighted by atomic mass is 9.73. The lowest BCUT2D eigenvalue weighted by molar-refractivity contribution is 0.222. The Hall–Kier alpha value is -0.340. The Bertz CT molecular complexity index is 310. The molecular formula is C15H25NS. The molecule has 1 heterocycles. The van der Waals surface area contributed by atoms with Gasteiger partial charge in [-0.2, -0.15) is 11.3 Å². The second-order valence-electron chi connectivity index (χ2n) is 5.76. The van der Waals surface area contributed by atoms with Crippen LogP contribution in [-0.2, 0) is 6.42 Å². The first-order chi connectivity index (χ1) is 8.22. The summed E-state index contributed by atoms with van der Waals surface area (Å²) >= 11 is 1.78. The van der Waals surface area contributed by atoms with Gasteiger partial charge >= 0.3 is 0 Å². The summed E-state index contributed by atoms with van der Waals surface area (Å²) in [6.07, 6.45) is 10.4. The molecule has 1 saturated carbocycles.